The summed E-state index contributed by atoms with van der Waals surface area (Å²) >= 11 is 5.66. The van der Waals surface area contributed by atoms with Gasteiger partial charge in [0, 0.05) is 17.2 Å². The Morgan fingerprint density at radius 1 is 1.47 bits per heavy atom. The Morgan fingerprint density at radius 2 is 2.24 bits per heavy atom. The smallest absolute Gasteiger partial charge is 0.262 e. The number of nitrogens with zero attached hydrogens (tertiary/aromatic N) is 2. The Balaban J connectivity index is 2.53. The third kappa shape index (κ3) is 2.30. The standard InChI is InChI=1S/C12H14N2OS2/c1-8-9(2)17-11-10(8)12(15)14(7-13-11)5-3-4-6-16/h3-4,7,16H,5-6H2,1-2H3. The third-order valence-electron chi connectivity index (χ3n) is 2.73. The van der Waals surface area contributed by atoms with E-state index in [9.17, 15) is 4.79 Å². The van der Waals surface area contributed by atoms with Crippen molar-refractivity contribution in [3.05, 3.63) is 39.3 Å². The van der Waals surface area contributed by atoms with Crippen molar-refractivity contribution in [1.82, 2.24) is 9.55 Å². The van der Waals surface area contributed by atoms with Gasteiger partial charge in [0.05, 0.1) is 11.7 Å². The normalized spacial score (nSPS) is 11.7. The van der Waals surface area contributed by atoms with Crippen molar-refractivity contribution in [3.63, 3.8) is 0 Å². The van der Waals surface area contributed by atoms with Gasteiger partial charge in [0.1, 0.15) is 4.83 Å². The van der Waals surface area contributed by atoms with E-state index in [2.05, 4.69) is 17.6 Å². The number of aromatic nitrogens is 2. The number of thiophene rings is 1. The molecule has 0 aromatic carbocycles. The number of thiol groups is 1. The van der Waals surface area contributed by atoms with Gasteiger partial charge in [0.25, 0.3) is 5.56 Å². The minimum atomic E-state index is 0.0423. The Bertz CT molecular complexity index is 625. The van der Waals surface area contributed by atoms with E-state index < -0.39 is 0 Å². The average molecular weight is 266 g/mol. The molecule has 0 radical (unpaired) electrons. The molecule has 0 aliphatic rings. The van der Waals surface area contributed by atoms with E-state index in [0.29, 0.717) is 12.3 Å². The lowest BCUT2D eigenvalue weighted by Crippen LogP contribution is -2.19. The molecular formula is C12H14N2OS2. The highest BCUT2D eigenvalue weighted by atomic mass is 32.1. The number of hydrogen-bond acceptors (Lipinski definition) is 4. The molecule has 0 saturated carbocycles. The van der Waals surface area contributed by atoms with Crippen molar-refractivity contribution in [2.45, 2.75) is 20.4 Å². The first-order valence-corrected chi connectivity index (χ1v) is 6.81. The second-order valence-electron chi connectivity index (χ2n) is 3.82. The molecule has 2 rings (SSSR count). The molecule has 0 unspecified atom stereocenters. The fraction of sp³-hybridized carbons (Fsp3) is 0.333. The van der Waals surface area contributed by atoms with E-state index in [-0.39, 0.29) is 5.56 Å². The summed E-state index contributed by atoms with van der Waals surface area (Å²) in [7, 11) is 0. The summed E-state index contributed by atoms with van der Waals surface area (Å²) < 4.78 is 1.63. The van der Waals surface area contributed by atoms with Crippen molar-refractivity contribution in [2.75, 3.05) is 5.75 Å². The van der Waals surface area contributed by atoms with E-state index >= 15 is 0 Å². The van der Waals surface area contributed by atoms with Crippen molar-refractivity contribution in [1.29, 1.82) is 0 Å². The summed E-state index contributed by atoms with van der Waals surface area (Å²) in [4.78, 5) is 18.6. The molecule has 0 aliphatic carbocycles. The monoisotopic (exact) mass is 266 g/mol. The molecule has 0 spiro atoms. The predicted molar refractivity (Wildman–Crippen MR) is 76.3 cm³/mol. The highest BCUT2D eigenvalue weighted by molar-refractivity contribution is 7.80. The molecule has 0 saturated heterocycles. The molecule has 0 fully saturated rings. The molecular weight excluding hydrogens is 252 g/mol. The molecule has 0 amide bonds. The topological polar surface area (TPSA) is 34.9 Å². The van der Waals surface area contributed by atoms with Crippen LogP contribution in [0.15, 0.2) is 23.3 Å². The van der Waals surface area contributed by atoms with Crippen LogP contribution in [0.4, 0.5) is 0 Å². The molecule has 90 valence electrons. The van der Waals surface area contributed by atoms with Crippen LogP contribution in [0.2, 0.25) is 0 Å². The molecule has 2 aromatic heterocycles. The highest BCUT2D eigenvalue weighted by Crippen LogP contribution is 2.25. The molecule has 17 heavy (non-hydrogen) atoms. The summed E-state index contributed by atoms with van der Waals surface area (Å²) in [6.07, 6.45) is 5.46. The number of rotatable bonds is 3. The van der Waals surface area contributed by atoms with Crippen molar-refractivity contribution in [2.24, 2.45) is 0 Å². The van der Waals surface area contributed by atoms with E-state index in [0.717, 1.165) is 20.7 Å². The third-order valence-corrected chi connectivity index (χ3v) is 4.06. The zero-order chi connectivity index (χ0) is 12.4. The number of aryl methyl sites for hydroxylation is 2. The van der Waals surface area contributed by atoms with Gasteiger partial charge in [-0.1, -0.05) is 12.2 Å². The fourth-order valence-electron chi connectivity index (χ4n) is 1.66. The van der Waals surface area contributed by atoms with Crippen molar-refractivity contribution < 1.29 is 0 Å². The van der Waals surface area contributed by atoms with E-state index in [1.807, 2.05) is 26.0 Å². The van der Waals surface area contributed by atoms with Crippen LogP contribution in [0.5, 0.6) is 0 Å². The van der Waals surface area contributed by atoms with Gasteiger partial charge in [-0.05, 0) is 19.4 Å². The lowest BCUT2D eigenvalue weighted by molar-refractivity contribution is 0.767. The minimum Gasteiger partial charge on any atom is -0.295 e. The zero-order valence-electron chi connectivity index (χ0n) is 9.80. The maximum Gasteiger partial charge on any atom is 0.262 e. The van der Waals surface area contributed by atoms with Gasteiger partial charge in [-0.15, -0.1) is 11.3 Å². The Kier molecular flexibility index (Phi) is 3.69. The van der Waals surface area contributed by atoms with Crippen LogP contribution >= 0.6 is 24.0 Å². The summed E-state index contributed by atoms with van der Waals surface area (Å²) in [5, 5.41) is 0.759. The fourth-order valence-corrected chi connectivity index (χ4v) is 2.80. The summed E-state index contributed by atoms with van der Waals surface area (Å²) in [5.74, 6) is 0.682. The highest BCUT2D eigenvalue weighted by Gasteiger charge is 2.11. The van der Waals surface area contributed by atoms with Crippen molar-refractivity contribution >= 4 is 34.2 Å². The maximum absolute atomic E-state index is 12.2. The van der Waals surface area contributed by atoms with Gasteiger partial charge in [-0.25, -0.2) is 4.98 Å². The largest absolute Gasteiger partial charge is 0.295 e. The van der Waals surface area contributed by atoms with Crippen LogP contribution in [0, 0.1) is 13.8 Å². The van der Waals surface area contributed by atoms with Crippen LogP contribution in [-0.2, 0) is 6.54 Å². The molecule has 0 atom stereocenters. The Labute approximate surface area is 109 Å². The molecule has 0 bridgehead atoms. The van der Waals surface area contributed by atoms with Gasteiger partial charge < -0.3 is 0 Å². The Hall–Kier alpha value is -1.07. The zero-order valence-corrected chi connectivity index (χ0v) is 11.5. The molecule has 2 heterocycles. The van der Waals surface area contributed by atoms with Crippen molar-refractivity contribution in [3.8, 4) is 0 Å². The quantitative estimate of drug-likeness (QED) is 0.684. The van der Waals surface area contributed by atoms with Gasteiger partial charge >= 0.3 is 0 Å². The predicted octanol–water partition coefficient (Wildman–Crippen LogP) is 2.56. The first-order chi connectivity index (χ1) is 8.15. The molecule has 2 aromatic rings. The summed E-state index contributed by atoms with van der Waals surface area (Å²) in [6, 6.07) is 0. The number of allylic oxidation sites excluding steroid dienone is 1. The summed E-state index contributed by atoms with van der Waals surface area (Å²) in [5.41, 5.74) is 1.09. The second-order valence-corrected chi connectivity index (χ2v) is 5.39. The molecule has 5 heteroatoms. The second kappa shape index (κ2) is 5.06. The molecule has 3 nitrogen and oxygen atoms in total. The Morgan fingerprint density at radius 3 is 2.94 bits per heavy atom. The maximum atomic E-state index is 12.2. The number of fused-ring (bicyclic) bond motifs is 1. The van der Waals surface area contributed by atoms with Gasteiger partial charge in [-0.2, -0.15) is 12.6 Å². The van der Waals surface area contributed by atoms with Crippen LogP contribution in [0.25, 0.3) is 10.2 Å². The lowest BCUT2D eigenvalue weighted by atomic mass is 10.2. The molecule has 0 aliphatic heterocycles. The molecule has 0 N–H and O–H groups in total. The first kappa shape index (κ1) is 12.4. The minimum absolute atomic E-state index is 0.0423. The van der Waals surface area contributed by atoms with Gasteiger partial charge in [0.15, 0.2) is 0 Å². The van der Waals surface area contributed by atoms with Gasteiger partial charge in [0.2, 0.25) is 0 Å². The summed E-state index contributed by atoms with van der Waals surface area (Å²) in [6.45, 7) is 4.55. The lowest BCUT2D eigenvalue weighted by Gasteiger charge is -2.01. The first-order valence-electron chi connectivity index (χ1n) is 5.36. The van der Waals surface area contributed by atoms with E-state index in [4.69, 9.17) is 0 Å². The van der Waals surface area contributed by atoms with Crippen LogP contribution in [0.3, 0.4) is 0 Å². The SMILES string of the molecule is Cc1sc2ncn(CC=CCS)c(=O)c2c1C. The van der Waals surface area contributed by atoms with Crippen LogP contribution < -0.4 is 5.56 Å². The van der Waals surface area contributed by atoms with Crippen LogP contribution in [0.1, 0.15) is 10.4 Å². The van der Waals surface area contributed by atoms with E-state index in [1.54, 1.807) is 22.2 Å². The average Bonchev–Trinajstić information content (AvgIpc) is 2.59. The van der Waals surface area contributed by atoms with Crippen LogP contribution in [-0.4, -0.2) is 15.3 Å². The number of hydrogen-bond donors (Lipinski definition) is 1. The van der Waals surface area contributed by atoms with E-state index in [1.165, 1.54) is 0 Å². The van der Waals surface area contributed by atoms with Gasteiger partial charge in [-0.3, -0.25) is 9.36 Å².